The van der Waals surface area contributed by atoms with Gasteiger partial charge in [0.25, 0.3) is 0 Å². The van der Waals surface area contributed by atoms with Crippen molar-refractivity contribution in [2.24, 2.45) is 11.5 Å². The van der Waals surface area contributed by atoms with Gasteiger partial charge in [0.05, 0.1) is 0 Å². The Morgan fingerprint density at radius 3 is 1.88 bits per heavy atom. The van der Waals surface area contributed by atoms with E-state index in [0.717, 1.165) is 39.0 Å². The zero-order valence-corrected chi connectivity index (χ0v) is 17.5. The molecule has 6 heteroatoms. The fourth-order valence-electron chi connectivity index (χ4n) is 2.26. The lowest BCUT2D eigenvalue weighted by molar-refractivity contribution is -0.115. The fraction of sp³-hybridized carbons (Fsp3) is 0.700. The zero-order valence-electron chi connectivity index (χ0n) is 17.5. The Morgan fingerprint density at radius 1 is 0.962 bits per heavy atom. The Hall–Kier alpha value is -1.66. The average Bonchev–Trinajstić information content (AvgIpc) is 2.55. The first-order valence-corrected chi connectivity index (χ1v) is 9.46. The van der Waals surface area contributed by atoms with Crippen LogP contribution >= 0.6 is 0 Å². The molecule has 0 aromatic rings. The minimum absolute atomic E-state index is 0.312. The number of carbonyl (C=O) groups excluding carboxylic acids is 2. The molecule has 152 valence electrons. The van der Waals surface area contributed by atoms with Crippen LogP contribution in [0, 0.1) is 0 Å². The Morgan fingerprint density at radius 2 is 1.50 bits per heavy atom. The Bertz CT molecular complexity index is 439. The molecule has 0 unspecified atom stereocenters. The van der Waals surface area contributed by atoms with E-state index in [9.17, 15) is 9.59 Å². The van der Waals surface area contributed by atoms with Crippen LogP contribution in [0.4, 0.5) is 0 Å². The number of hydrogen-bond acceptors (Lipinski definition) is 4. The smallest absolute Gasteiger partial charge is 0.244 e. The molecular weight excluding hydrogens is 328 g/mol. The maximum Gasteiger partial charge on any atom is 0.244 e. The van der Waals surface area contributed by atoms with E-state index in [1.54, 1.807) is 6.92 Å². The molecule has 0 aromatic carbocycles. The van der Waals surface area contributed by atoms with Crippen LogP contribution < -0.4 is 11.5 Å². The van der Waals surface area contributed by atoms with Gasteiger partial charge < -0.3 is 21.3 Å². The number of nitrogens with zero attached hydrogens (tertiary/aromatic N) is 2. The molecule has 0 heterocycles. The van der Waals surface area contributed by atoms with Gasteiger partial charge in [-0.2, -0.15) is 0 Å². The van der Waals surface area contributed by atoms with E-state index in [1.807, 2.05) is 20.2 Å². The monoisotopic (exact) mass is 368 g/mol. The third kappa shape index (κ3) is 17.2. The number of hydrogen-bond donors (Lipinski definition) is 2. The van der Waals surface area contributed by atoms with Crippen LogP contribution in [0.3, 0.4) is 0 Å². The second kappa shape index (κ2) is 16.8. The van der Waals surface area contributed by atoms with Crippen LogP contribution in [0.15, 0.2) is 23.8 Å². The Kier molecular flexibility index (Phi) is 17.2. The van der Waals surface area contributed by atoms with Crippen molar-refractivity contribution in [3.05, 3.63) is 23.8 Å². The summed E-state index contributed by atoms with van der Waals surface area (Å²) in [7, 11) is 3.99. The second-order valence-corrected chi connectivity index (χ2v) is 6.76. The summed E-state index contributed by atoms with van der Waals surface area (Å²) in [5, 5.41) is 0. The highest BCUT2D eigenvalue weighted by molar-refractivity contribution is 5.91. The largest absolute Gasteiger partial charge is 0.366 e. The highest BCUT2D eigenvalue weighted by atomic mass is 16.1. The summed E-state index contributed by atoms with van der Waals surface area (Å²) in [5.74, 6) is -0.698. The molecule has 0 rings (SSSR count). The first-order valence-electron chi connectivity index (χ1n) is 9.46. The normalized spacial score (nSPS) is 11.3. The standard InChI is InChI=1S/C12H24N2O.C8H16N2O/c1-4-8-14(9-5-2)10-6-7-11(3)12(13)15;1-7(8(9)11)5-4-6-10(2)3/h7H,4-6,8-10H2,1-3H3,(H2,13,15);1,4-6H2,2-3H3,(H2,9,11). The van der Waals surface area contributed by atoms with Crippen LogP contribution in [-0.2, 0) is 9.59 Å². The van der Waals surface area contributed by atoms with Crippen molar-refractivity contribution in [2.45, 2.75) is 52.9 Å². The maximum atomic E-state index is 10.8. The summed E-state index contributed by atoms with van der Waals surface area (Å²) in [6, 6.07) is 0. The molecule has 0 radical (unpaired) electrons. The summed E-state index contributed by atoms with van der Waals surface area (Å²) in [5.41, 5.74) is 11.3. The van der Waals surface area contributed by atoms with Gasteiger partial charge in [-0.1, -0.05) is 26.5 Å². The molecule has 4 N–H and O–H groups in total. The summed E-state index contributed by atoms with van der Waals surface area (Å²) in [6.07, 6.45) is 6.84. The van der Waals surface area contributed by atoms with Crippen LogP contribution in [0.25, 0.3) is 0 Å². The summed E-state index contributed by atoms with van der Waals surface area (Å²) < 4.78 is 0. The van der Waals surface area contributed by atoms with Crippen molar-refractivity contribution in [3.8, 4) is 0 Å². The van der Waals surface area contributed by atoms with E-state index in [0.29, 0.717) is 17.6 Å². The number of carbonyl (C=O) groups is 2. The van der Waals surface area contributed by atoms with Crippen LogP contribution in [0.2, 0.25) is 0 Å². The molecule has 0 aromatic heterocycles. The first-order chi connectivity index (χ1) is 12.1. The van der Waals surface area contributed by atoms with Crippen molar-refractivity contribution in [2.75, 3.05) is 40.3 Å². The van der Waals surface area contributed by atoms with E-state index >= 15 is 0 Å². The van der Waals surface area contributed by atoms with Gasteiger partial charge in [0.1, 0.15) is 0 Å². The van der Waals surface area contributed by atoms with Gasteiger partial charge in [-0.25, -0.2) is 0 Å². The van der Waals surface area contributed by atoms with Crippen LogP contribution in [-0.4, -0.2) is 61.9 Å². The number of rotatable bonds is 13. The lowest BCUT2D eigenvalue weighted by Gasteiger charge is -2.19. The lowest BCUT2D eigenvalue weighted by atomic mass is 10.1. The maximum absolute atomic E-state index is 10.8. The highest BCUT2D eigenvalue weighted by Crippen LogP contribution is 2.01. The second-order valence-electron chi connectivity index (χ2n) is 6.76. The van der Waals surface area contributed by atoms with Gasteiger partial charge in [0.2, 0.25) is 11.8 Å². The molecule has 0 fully saturated rings. The average molecular weight is 369 g/mol. The van der Waals surface area contributed by atoms with Crippen molar-refractivity contribution in [1.29, 1.82) is 0 Å². The third-order valence-corrected chi connectivity index (χ3v) is 3.80. The third-order valence-electron chi connectivity index (χ3n) is 3.80. The van der Waals surface area contributed by atoms with Gasteiger partial charge in [0.15, 0.2) is 0 Å². The summed E-state index contributed by atoms with van der Waals surface area (Å²) in [6.45, 7) is 14.0. The Labute approximate surface area is 160 Å². The Balaban J connectivity index is 0. The zero-order chi connectivity index (χ0) is 20.5. The quantitative estimate of drug-likeness (QED) is 0.488. The van der Waals surface area contributed by atoms with Gasteiger partial charge >= 0.3 is 0 Å². The van der Waals surface area contributed by atoms with E-state index in [4.69, 9.17) is 11.5 Å². The van der Waals surface area contributed by atoms with Gasteiger partial charge in [-0.05, 0) is 72.8 Å². The van der Waals surface area contributed by atoms with Crippen LogP contribution in [0.5, 0.6) is 0 Å². The van der Waals surface area contributed by atoms with Crippen molar-refractivity contribution in [3.63, 3.8) is 0 Å². The van der Waals surface area contributed by atoms with E-state index in [2.05, 4.69) is 30.2 Å². The van der Waals surface area contributed by atoms with Crippen LogP contribution in [0.1, 0.15) is 52.9 Å². The predicted octanol–water partition coefficient (Wildman–Crippen LogP) is 2.30. The molecule has 0 atom stereocenters. The molecule has 0 bridgehead atoms. The summed E-state index contributed by atoms with van der Waals surface area (Å²) >= 11 is 0. The highest BCUT2D eigenvalue weighted by Gasteiger charge is 2.02. The van der Waals surface area contributed by atoms with Gasteiger partial charge in [-0.15, -0.1) is 0 Å². The molecule has 0 spiro atoms. The number of primary amides is 2. The van der Waals surface area contributed by atoms with Crippen molar-refractivity contribution < 1.29 is 9.59 Å². The molecule has 0 aliphatic heterocycles. The van der Waals surface area contributed by atoms with Crippen molar-refractivity contribution in [1.82, 2.24) is 9.80 Å². The molecule has 0 saturated heterocycles. The topological polar surface area (TPSA) is 92.7 Å². The lowest BCUT2D eigenvalue weighted by Crippen LogP contribution is -2.26. The van der Waals surface area contributed by atoms with Crippen molar-refractivity contribution >= 4 is 11.8 Å². The molecule has 0 aliphatic carbocycles. The predicted molar refractivity (Wildman–Crippen MR) is 111 cm³/mol. The van der Waals surface area contributed by atoms with E-state index in [-0.39, 0.29) is 11.8 Å². The minimum Gasteiger partial charge on any atom is -0.366 e. The number of amides is 2. The molecule has 6 nitrogen and oxygen atoms in total. The first kappa shape index (κ1) is 26.6. The molecule has 26 heavy (non-hydrogen) atoms. The molecule has 0 aliphatic rings. The van der Waals surface area contributed by atoms with E-state index < -0.39 is 0 Å². The van der Waals surface area contributed by atoms with E-state index in [1.165, 1.54) is 12.8 Å². The fourth-order valence-corrected chi connectivity index (χ4v) is 2.26. The number of nitrogens with two attached hydrogens (primary N) is 2. The molecular formula is C20H40N4O2. The summed E-state index contributed by atoms with van der Waals surface area (Å²) in [4.78, 5) is 25.7. The van der Waals surface area contributed by atoms with Gasteiger partial charge in [0, 0.05) is 17.7 Å². The molecule has 0 saturated carbocycles. The SMILES string of the molecule is C=C(CCCN(C)C)C(N)=O.CCCN(CCC)CCC=C(C)C(N)=O. The van der Waals surface area contributed by atoms with Gasteiger partial charge in [-0.3, -0.25) is 9.59 Å². The minimum atomic E-state index is -0.385. The molecule has 2 amide bonds.